The molecule has 7 heteroatoms. The molecule has 1 aliphatic rings. The van der Waals surface area contributed by atoms with E-state index < -0.39 is 0 Å². The van der Waals surface area contributed by atoms with Crippen LogP contribution in [0.15, 0.2) is 10.7 Å². The lowest BCUT2D eigenvalue weighted by atomic mass is 9.98. The van der Waals surface area contributed by atoms with Crippen molar-refractivity contribution in [3.05, 3.63) is 11.6 Å². The molecule has 0 atom stereocenters. The standard InChI is InChI=1S/C14H20N4O3/c1-9-12(20-2)5-11(14-13(9)16-21-17-14)18-7-10(8-18)6-15-3-4-19/h5,10,15,19H,3-4,6-8H2,1-2H3. The van der Waals surface area contributed by atoms with E-state index in [1.54, 1.807) is 7.11 Å². The SMILES string of the molecule is COc1cc(N2CC(CNCCO)C2)c2nonc2c1C. The van der Waals surface area contributed by atoms with Gasteiger partial charge in [-0.3, -0.25) is 0 Å². The predicted molar refractivity (Wildman–Crippen MR) is 78.8 cm³/mol. The number of hydrogen-bond acceptors (Lipinski definition) is 7. The molecule has 0 spiro atoms. The zero-order valence-corrected chi connectivity index (χ0v) is 12.3. The van der Waals surface area contributed by atoms with Crippen LogP contribution in [0.1, 0.15) is 5.56 Å². The monoisotopic (exact) mass is 292 g/mol. The molecule has 1 aliphatic heterocycles. The maximum atomic E-state index is 8.77. The van der Waals surface area contributed by atoms with Crippen LogP contribution in [0.25, 0.3) is 11.0 Å². The van der Waals surface area contributed by atoms with Crippen LogP contribution in [0, 0.1) is 12.8 Å². The number of nitrogens with zero attached hydrogens (tertiary/aromatic N) is 3. The number of hydrogen-bond donors (Lipinski definition) is 2. The number of aliphatic hydroxyl groups is 1. The average molecular weight is 292 g/mol. The van der Waals surface area contributed by atoms with Gasteiger partial charge >= 0.3 is 0 Å². The molecule has 1 aromatic carbocycles. The minimum atomic E-state index is 0.177. The zero-order valence-electron chi connectivity index (χ0n) is 12.3. The molecule has 21 heavy (non-hydrogen) atoms. The number of aromatic nitrogens is 2. The van der Waals surface area contributed by atoms with Crippen LogP contribution < -0.4 is 15.0 Å². The van der Waals surface area contributed by atoms with Crippen molar-refractivity contribution in [3.8, 4) is 5.75 Å². The number of aliphatic hydroxyl groups excluding tert-OH is 1. The minimum absolute atomic E-state index is 0.177. The molecular formula is C14H20N4O3. The topological polar surface area (TPSA) is 83.7 Å². The molecule has 2 aromatic rings. The van der Waals surface area contributed by atoms with Gasteiger partial charge in [-0.1, -0.05) is 0 Å². The van der Waals surface area contributed by atoms with Crippen LogP contribution in [-0.4, -0.2) is 55.3 Å². The van der Waals surface area contributed by atoms with Crippen molar-refractivity contribution in [2.75, 3.05) is 44.8 Å². The lowest BCUT2D eigenvalue weighted by molar-refractivity contribution is 0.282. The highest BCUT2D eigenvalue weighted by Gasteiger charge is 2.29. The number of rotatable bonds is 6. The molecule has 1 fully saturated rings. The van der Waals surface area contributed by atoms with Crippen LogP contribution in [0.4, 0.5) is 5.69 Å². The van der Waals surface area contributed by atoms with Gasteiger partial charge in [-0.15, -0.1) is 0 Å². The summed E-state index contributed by atoms with van der Waals surface area (Å²) < 4.78 is 10.3. The van der Waals surface area contributed by atoms with E-state index in [1.807, 2.05) is 13.0 Å². The van der Waals surface area contributed by atoms with Gasteiger partial charge < -0.3 is 20.1 Å². The third-order valence-corrected chi connectivity index (χ3v) is 3.96. The van der Waals surface area contributed by atoms with Crippen LogP contribution in [-0.2, 0) is 0 Å². The largest absolute Gasteiger partial charge is 0.496 e. The lowest BCUT2D eigenvalue weighted by Crippen LogP contribution is -2.51. The van der Waals surface area contributed by atoms with Gasteiger partial charge in [-0.2, -0.15) is 0 Å². The Morgan fingerprint density at radius 1 is 1.43 bits per heavy atom. The van der Waals surface area contributed by atoms with E-state index in [0.717, 1.165) is 47.7 Å². The fourth-order valence-electron chi connectivity index (χ4n) is 2.75. The van der Waals surface area contributed by atoms with E-state index in [2.05, 4.69) is 20.5 Å². The summed E-state index contributed by atoms with van der Waals surface area (Å²) in [6.45, 7) is 5.59. The van der Waals surface area contributed by atoms with Crippen molar-refractivity contribution in [2.45, 2.75) is 6.92 Å². The van der Waals surface area contributed by atoms with Gasteiger partial charge in [-0.25, -0.2) is 4.63 Å². The molecule has 3 rings (SSSR count). The second-order valence-corrected chi connectivity index (χ2v) is 5.38. The summed E-state index contributed by atoms with van der Waals surface area (Å²) in [5.74, 6) is 1.38. The molecule has 2 heterocycles. The summed E-state index contributed by atoms with van der Waals surface area (Å²) in [4.78, 5) is 2.25. The molecule has 1 aromatic heterocycles. The molecule has 2 N–H and O–H groups in total. The molecule has 0 unspecified atom stereocenters. The molecule has 0 bridgehead atoms. The Balaban J connectivity index is 1.76. The van der Waals surface area contributed by atoms with Crippen LogP contribution >= 0.6 is 0 Å². The summed E-state index contributed by atoms with van der Waals surface area (Å²) in [7, 11) is 1.66. The Morgan fingerprint density at radius 2 is 2.19 bits per heavy atom. The smallest absolute Gasteiger partial charge is 0.159 e. The van der Waals surface area contributed by atoms with Crippen LogP contribution in [0.2, 0.25) is 0 Å². The minimum Gasteiger partial charge on any atom is -0.496 e. The first-order valence-electron chi connectivity index (χ1n) is 7.11. The molecule has 0 radical (unpaired) electrons. The van der Waals surface area contributed by atoms with Crippen molar-refractivity contribution >= 4 is 16.7 Å². The molecular weight excluding hydrogens is 272 g/mol. The van der Waals surface area contributed by atoms with Gasteiger partial charge in [0.2, 0.25) is 0 Å². The summed E-state index contributed by atoms with van der Waals surface area (Å²) >= 11 is 0. The van der Waals surface area contributed by atoms with Crippen LogP contribution in [0.3, 0.4) is 0 Å². The normalized spacial score (nSPS) is 15.5. The van der Waals surface area contributed by atoms with Crippen molar-refractivity contribution in [3.63, 3.8) is 0 Å². The highest BCUT2D eigenvalue weighted by molar-refractivity contribution is 5.92. The van der Waals surface area contributed by atoms with Gasteiger partial charge in [0.05, 0.1) is 19.4 Å². The summed E-state index contributed by atoms with van der Waals surface area (Å²) in [5, 5.41) is 20.0. The van der Waals surface area contributed by atoms with E-state index >= 15 is 0 Å². The maximum Gasteiger partial charge on any atom is 0.159 e. The van der Waals surface area contributed by atoms with Gasteiger partial charge in [0.15, 0.2) is 5.52 Å². The van der Waals surface area contributed by atoms with Crippen molar-refractivity contribution in [2.24, 2.45) is 5.92 Å². The van der Waals surface area contributed by atoms with E-state index in [1.165, 1.54) is 0 Å². The number of nitrogens with one attached hydrogen (secondary N) is 1. The van der Waals surface area contributed by atoms with Crippen molar-refractivity contribution in [1.29, 1.82) is 0 Å². The Hall–Kier alpha value is -1.86. The molecule has 0 amide bonds. The summed E-state index contributed by atoms with van der Waals surface area (Å²) in [5.41, 5.74) is 3.49. The van der Waals surface area contributed by atoms with E-state index in [9.17, 15) is 0 Å². The van der Waals surface area contributed by atoms with E-state index in [4.69, 9.17) is 14.5 Å². The molecule has 0 saturated carbocycles. The maximum absolute atomic E-state index is 8.77. The fraction of sp³-hybridized carbons (Fsp3) is 0.571. The van der Waals surface area contributed by atoms with Crippen molar-refractivity contribution < 1.29 is 14.5 Å². The number of ether oxygens (including phenoxy) is 1. The Labute approximate surface area is 122 Å². The van der Waals surface area contributed by atoms with Gasteiger partial charge in [0.25, 0.3) is 0 Å². The third kappa shape index (κ3) is 2.54. The predicted octanol–water partition coefficient (Wildman–Crippen LogP) is 0.558. The highest BCUT2D eigenvalue weighted by atomic mass is 16.6. The lowest BCUT2D eigenvalue weighted by Gasteiger charge is -2.41. The van der Waals surface area contributed by atoms with E-state index in [-0.39, 0.29) is 6.61 Å². The highest BCUT2D eigenvalue weighted by Crippen LogP contribution is 2.36. The zero-order chi connectivity index (χ0) is 14.8. The average Bonchev–Trinajstić information content (AvgIpc) is 2.93. The summed E-state index contributed by atoms with van der Waals surface area (Å²) in [6, 6.07) is 2.00. The second-order valence-electron chi connectivity index (χ2n) is 5.38. The molecule has 0 aliphatic carbocycles. The first kappa shape index (κ1) is 14.1. The summed E-state index contributed by atoms with van der Waals surface area (Å²) in [6.07, 6.45) is 0. The van der Waals surface area contributed by atoms with Gasteiger partial charge in [0, 0.05) is 43.7 Å². The fourth-order valence-corrected chi connectivity index (χ4v) is 2.75. The first-order valence-corrected chi connectivity index (χ1v) is 7.11. The van der Waals surface area contributed by atoms with Gasteiger partial charge in [-0.05, 0) is 17.2 Å². The number of fused-ring (bicyclic) bond motifs is 1. The second kappa shape index (κ2) is 5.87. The Morgan fingerprint density at radius 3 is 2.90 bits per heavy atom. The molecule has 1 saturated heterocycles. The first-order chi connectivity index (χ1) is 10.2. The van der Waals surface area contributed by atoms with Crippen LogP contribution in [0.5, 0.6) is 5.75 Å². The molecule has 114 valence electrons. The van der Waals surface area contributed by atoms with E-state index in [0.29, 0.717) is 12.5 Å². The van der Waals surface area contributed by atoms with Crippen molar-refractivity contribution in [1.82, 2.24) is 15.6 Å². The quantitative estimate of drug-likeness (QED) is 0.752. The Bertz CT molecular complexity index is 622. The molecule has 7 nitrogen and oxygen atoms in total. The number of benzene rings is 1. The number of anilines is 1. The third-order valence-electron chi connectivity index (χ3n) is 3.96. The number of methoxy groups -OCH3 is 1. The Kier molecular flexibility index (Phi) is 3.94. The number of aryl methyl sites for hydroxylation is 1. The van der Waals surface area contributed by atoms with Gasteiger partial charge in [0.1, 0.15) is 11.3 Å².